The van der Waals surface area contributed by atoms with Crippen molar-refractivity contribution in [2.24, 2.45) is 4.99 Å². The standard InChI is InChI=1S/C14H18N6/c1-9(2)5-6-11(16-3)10-7-8-20-12(10)13(17-4)18-14(15)19-20/h5-8H,1H2,2-4H3,(H3,15,17,18,19)/b6-5-,16-11?. The molecule has 3 N–H and O–H groups in total. The first-order valence-corrected chi connectivity index (χ1v) is 6.20. The number of nitrogens with two attached hydrogens (primary N) is 1. The number of anilines is 2. The van der Waals surface area contributed by atoms with Crippen molar-refractivity contribution in [3.05, 3.63) is 42.1 Å². The van der Waals surface area contributed by atoms with Crippen LogP contribution in [0.4, 0.5) is 11.8 Å². The van der Waals surface area contributed by atoms with Crippen LogP contribution in [-0.4, -0.2) is 34.4 Å². The van der Waals surface area contributed by atoms with E-state index >= 15 is 0 Å². The number of rotatable bonds is 4. The van der Waals surface area contributed by atoms with Gasteiger partial charge in [0.05, 0.1) is 5.71 Å². The van der Waals surface area contributed by atoms with E-state index in [2.05, 4.69) is 27.0 Å². The van der Waals surface area contributed by atoms with Gasteiger partial charge >= 0.3 is 0 Å². The van der Waals surface area contributed by atoms with Crippen molar-refractivity contribution in [2.75, 3.05) is 25.1 Å². The Morgan fingerprint density at radius 2 is 2.25 bits per heavy atom. The van der Waals surface area contributed by atoms with Gasteiger partial charge in [0.1, 0.15) is 5.52 Å². The zero-order chi connectivity index (χ0) is 14.7. The Morgan fingerprint density at radius 3 is 2.85 bits per heavy atom. The Bertz CT molecular complexity index is 708. The summed E-state index contributed by atoms with van der Waals surface area (Å²) in [6.07, 6.45) is 5.68. The molecule has 0 aromatic carbocycles. The maximum absolute atomic E-state index is 5.68. The van der Waals surface area contributed by atoms with E-state index in [1.54, 1.807) is 18.6 Å². The van der Waals surface area contributed by atoms with Crippen molar-refractivity contribution < 1.29 is 0 Å². The molecule has 6 heteroatoms. The average Bonchev–Trinajstić information content (AvgIpc) is 2.82. The SMILES string of the molecule is C=C(C)/C=C\C(=NC)c1ccn2nc(N)nc(NC)c12. The maximum atomic E-state index is 5.68. The van der Waals surface area contributed by atoms with Gasteiger partial charge in [0.25, 0.3) is 0 Å². The molecular weight excluding hydrogens is 252 g/mol. The topological polar surface area (TPSA) is 80.6 Å². The van der Waals surface area contributed by atoms with E-state index in [-0.39, 0.29) is 5.95 Å². The van der Waals surface area contributed by atoms with Crippen LogP contribution in [0, 0.1) is 0 Å². The Hall–Kier alpha value is -2.63. The highest BCUT2D eigenvalue weighted by Gasteiger charge is 2.13. The molecule has 0 saturated carbocycles. The first-order valence-electron chi connectivity index (χ1n) is 6.20. The number of allylic oxidation sites excluding steroid dienone is 3. The monoisotopic (exact) mass is 270 g/mol. The summed E-state index contributed by atoms with van der Waals surface area (Å²) < 4.78 is 1.70. The minimum atomic E-state index is 0.219. The van der Waals surface area contributed by atoms with Gasteiger partial charge in [0.2, 0.25) is 5.95 Å². The third kappa shape index (κ3) is 2.54. The average molecular weight is 270 g/mol. The van der Waals surface area contributed by atoms with E-state index < -0.39 is 0 Å². The molecule has 0 aliphatic heterocycles. The molecule has 0 spiro atoms. The van der Waals surface area contributed by atoms with Crippen LogP contribution in [0.25, 0.3) is 5.52 Å². The van der Waals surface area contributed by atoms with Crippen LogP contribution < -0.4 is 11.1 Å². The van der Waals surface area contributed by atoms with Gasteiger partial charge in [-0.05, 0) is 19.1 Å². The van der Waals surface area contributed by atoms with Crippen LogP contribution in [0.5, 0.6) is 0 Å². The molecule has 0 saturated heterocycles. The Morgan fingerprint density at radius 1 is 1.50 bits per heavy atom. The van der Waals surface area contributed by atoms with E-state index in [0.717, 1.165) is 22.4 Å². The van der Waals surface area contributed by atoms with Crippen molar-refractivity contribution in [1.82, 2.24) is 14.6 Å². The fourth-order valence-electron chi connectivity index (χ4n) is 1.93. The van der Waals surface area contributed by atoms with Gasteiger partial charge in [-0.3, -0.25) is 4.99 Å². The Balaban J connectivity index is 2.63. The fraction of sp³-hybridized carbons (Fsp3) is 0.214. The molecule has 0 aliphatic carbocycles. The molecule has 2 heterocycles. The number of nitrogens with zero attached hydrogens (tertiary/aromatic N) is 4. The van der Waals surface area contributed by atoms with Crippen molar-refractivity contribution in [2.45, 2.75) is 6.92 Å². The zero-order valence-electron chi connectivity index (χ0n) is 11.9. The number of nitrogens with one attached hydrogen (secondary N) is 1. The molecule has 104 valence electrons. The molecule has 6 nitrogen and oxygen atoms in total. The molecule has 20 heavy (non-hydrogen) atoms. The summed E-state index contributed by atoms with van der Waals surface area (Å²) in [5.41, 5.74) is 9.25. The van der Waals surface area contributed by atoms with Gasteiger partial charge in [0, 0.05) is 25.9 Å². The predicted octanol–water partition coefficient (Wildman–Crippen LogP) is 1.90. The lowest BCUT2D eigenvalue weighted by molar-refractivity contribution is 0.919. The van der Waals surface area contributed by atoms with Gasteiger partial charge in [-0.2, -0.15) is 4.98 Å². The van der Waals surface area contributed by atoms with E-state index in [1.165, 1.54) is 0 Å². The second-order valence-electron chi connectivity index (χ2n) is 4.38. The molecule has 2 rings (SSSR count). The number of aliphatic imine (C=N–C) groups is 1. The van der Waals surface area contributed by atoms with Gasteiger partial charge < -0.3 is 11.1 Å². The summed E-state index contributed by atoms with van der Waals surface area (Å²) in [4.78, 5) is 8.51. The maximum Gasteiger partial charge on any atom is 0.240 e. The highest BCUT2D eigenvalue weighted by molar-refractivity contribution is 6.14. The van der Waals surface area contributed by atoms with Crippen molar-refractivity contribution >= 4 is 23.0 Å². The Labute approximate surface area is 117 Å². The van der Waals surface area contributed by atoms with Crippen LogP contribution in [-0.2, 0) is 0 Å². The van der Waals surface area contributed by atoms with E-state index in [0.29, 0.717) is 5.82 Å². The number of nitrogen functional groups attached to an aromatic ring is 1. The minimum absolute atomic E-state index is 0.219. The molecule has 0 unspecified atom stereocenters. The fourth-order valence-corrected chi connectivity index (χ4v) is 1.93. The third-order valence-corrected chi connectivity index (χ3v) is 2.81. The second kappa shape index (κ2) is 5.56. The quantitative estimate of drug-likeness (QED) is 0.657. The lowest BCUT2D eigenvalue weighted by Gasteiger charge is -2.06. The van der Waals surface area contributed by atoms with E-state index in [9.17, 15) is 0 Å². The molecule has 0 atom stereocenters. The van der Waals surface area contributed by atoms with Crippen LogP contribution in [0.15, 0.2) is 41.6 Å². The summed E-state index contributed by atoms with van der Waals surface area (Å²) in [5, 5.41) is 7.20. The molecule has 0 bridgehead atoms. The molecule has 0 radical (unpaired) electrons. The van der Waals surface area contributed by atoms with E-state index in [4.69, 9.17) is 5.73 Å². The largest absolute Gasteiger partial charge is 0.371 e. The van der Waals surface area contributed by atoms with Crippen molar-refractivity contribution in [3.63, 3.8) is 0 Å². The van der Waals surface area contributed by atoms with Crippen molar-refractivity contribution in [3.8, 4) is 0 Å². The van der Waals surface area contributed by atoms with E-state index in [1.807, 2.05) is 31.3 Å². The Kier molecular flexibility index (Phi) is 3.84. The molecule has 0 aliphatic rings. The molecular formula is C14H18N6. The third-order valence-electron chi connectivity index (χ3n) is 2.81. The zero-order valence-corrected chi connectivity index (χ0v) is 11.9. The molecule has 0 fully saturated rings. The van der Waals surface area contributed by atoms with Gasteiger partial charge in [-0.15, -0.1) is 5.10 Å². The van der Waals surface area contributed by atoms with Crippen LogP contribution in [0.3, 0.4) is 0 Å². The normalized spacial score (nSPS) is 12.2. The summed E-state index contributed by atoms with van der Waals surface area (Å²) in [5.74, 6) is 0.888. The van der Waals surface area contributed by atoms with Gasteiger partial charge in [-0.25, -0.2) is 4.52 Å². The first-order chi connectivity index (χ1) is 9.56. The number of aromatic nitrogens is 3. The van der Waals surface area contributed by atoms with Crippen molar-refractivity contribution in [1.29, 1.82) is 0 Å². The lowest BCUT2D eigenvalue weighted by atomic mass is 10.1. The van der Waals surface area contributed by atoms with Crippen LogP contribution in [0.2, 0.25) is 0 Å². The highest BCUT2D eigenvalue weighted by Crippen LogP contribution is 2.21. The lowest BCUT2D eigenvalue weighted by Crippen LogP contribution is -2.07. The van der Waals surface area contributed by atoms with Crippen LogP contribution in [0.1, 0.15) is 12.5 Å². The van der Waals surface area contributed by atoms with Gasteiger partial charge in [-0.1, -0.05) is 18.2 Å². The summed E-state index contributed by atoms with van der Waals surface area (Å²) in [6, 6.07) is 1.94. The predicted molar refractivity (Wildman–Crippen MR) is 83.4 cm³/mol. The number of hydrogen-bond donors (Lipinski definition) is 2. The summed E-state index contributed by atoms with van der Waals surface area (Å²) >= 11 is 0. The van der Waals surface area contributed by atoms with Gasteiger partial charge in [0.15, 0.2) is 5.82 Å². The molecule has 2 aromatic heterocycles. The smallest absolute Gasteiger partial charge is 0.240 e. The minimum Gasteiger partial charge on any atom is -0.371 e. The molecule has 2 aromatic rings. The number of hydrogen-bond acceptors (Lipinski definition) is 5. The highest BCUT2D eigenvalue weighted by atomic mass is 15.3. The second-order valence-corrected chi connectivity index (χ2v) is 4.38. The molecule has 0 amide bonds. The number of fused-ring (bicyclic) bond motifs is 1. The summed E-state index contributed by atoms with van der Waals surface area (Å²) in [7, 11) is 3.55. The van der Waals surface area contributed by atoms with Crippen LogP contribution >= 0.6 is 0 Å². The summed E-state index contributed by atoms with van der Waals surface area (Å²) in [6.45, 7) is 5.78. The first kappa shape index (κ1) is 13.8.